The van der Waals surface area contributed by atoms with E-state index in [1.54, 1.807) is 12.3 Å². The van der Waals surface area contributed by atoms with Crippen molar-refractivity contribution in [2.75, 3.05) is 46.0 Å². The number of benzene rings is 2. The lowest BCUT2D eigenvalue weighted by molar-refractivity contribution is 0.0799. The number of likely N-dealkylation sites (N-methyl/N-ethyl adjacent to an activating group) is 1. The molecule has 0 unspecified atom stereocenters. The highest BCUT2D eigenvalue weighted by atomic mass is 16.5. The fraction of sp³-hybridized carbons (Fsp3) is 0.471. The number of piperidine rings is 1. The molecular weight excluding hydrogens is 510 g/mol. The van der Waals surface area contributed by atoms with Crippen molar-refractivity contribution < 1.29 is 9.53 Å². The molecule has 7 nitrogen and oxygen atoms in total. The van der Waals surface area contributed by atoms with E-state index < -0.39 is 0 Å². The van der Waals surface area contributed by atoms with Gasteiger partial charge in [0.25, 0.3) is 5.91 Å². The molecule has 218 valence electrons. The Hall–Kier alpha value is -3.42. The summed E-state index contributed by atoms with van der Waals surface area (Å²) in [6.45, 7) is 3.51. The third kappa shape index (κ3) is 7.27. The molecule has 2 aromatic carbocycles. The van der Waals surface area contributed by atoms with Crippen LogP contribution in [0.4, 0.5) is 5.69 Å². The number of rotatable bonds is 10. The zero-order valence-corrected chi connectivity index (χ0v) is 24.6. The van der Waals surface area contributed by atoms with E-state index >= 15 is 0 Å². The van der Waals surface area contributed by atoms with Gasteiger partial charge in [-0.3, -0.25) is 4.79 Å². The summed E-state index contributed by atoms with van der Waals surface area (Å²) in [6, 6.07) is 23.2. The second-order valence-electron chi connectivity index (χ2n) is 12.0. The first-order valence-electron chi connectivity index (χ1n) is 15.1. The van der Waals surface area contributed by atoms with Crippen molar-refractivity contribution in [3.63, 3.8) is 0 Å². The van der Waals surface area contributed by atoms with Crippen molar-refractivity contribution in [2.24, 2.45) is 0 Å². The highest BCUT2D eigenvalue weighted by Crippen LogP contribution is 2.32. The van der Waals surface area contributed by atoms with Crippen LogP contribution in [0, 0.1) is 0 Å². The quantitative estimate of drug-likeness (QED) is 0.352. The Morgan fingerprint density at radius 2 is 1.63 bits per heavy atom. The molecule has 2 fully saturated rings. The van der Waals surface area contributed by atoms with Gasteiger partial charge in [0.2, 0.25) is 5.88 Å². The van der Waals surface area contributed by atoms with Gasteiger partial charge in [0.1, 0.15) is 6.10 Å². The summed E-state index contributed by atoms with van der Waals surface area (Å²) in [5.41, 5.74) is 9.91. The van der Waals surface area contributed by atoms with Crippen molar-refractivity contribution in [3.05, 3.63) is 89.6 Å². The summed E-state index contributed by atoms with van der Waals surface area (Å²) >= 11 is 0. The van der Waals surface area contributed by atoms with Crippen molar-refractivity contribution in [2.45, 2.75) is 62.5 Å². The van der Waals surface area contributed by atoms with Crippen molar-refractivity contribution in [1.29, 1.82) is 0 Å². The van der Waals surface area contributed by atoms with Crippen LogP contribution in [0.25, 0.3) is 0 Å². The molecule has 1 amide bonds. The smallest absolute Gasteiger partial charge is 0.252 e. The first-order chi connectivity index (χ1) is 19.9. The highest BCUT2D eigenvalue weighted by Gasteiger charge is 2.34. The number of carbonyl (C=O) groups is 1. The van der Waals surface area contributed by atoms with E-state index in [-0.39, 0.29) is 17.6 Å². The first-order valence-corrected chi connectivity index (χ1v) is 15.1. The minimum absolute atomic E-state index is 0.0208. The molecule has 1 saturated carbocycles. The average molecular weight is 556 g/mol. The summed E-state index contributed by atoms with van der Waals surface area (Å²) in [5.74, 6) is 0.613. The van der Waals surface area contributed by atoms with Crippen LogP contribution in [-0.2, 0) is 0 Å². The van der Waals surface area contributed by atoms with Gasteiger partial charge in [-0.25, -0.2) is 4.98 Å². The summed E-state index contributed by atoms with van der Waals surface area (Å²) in [6.07, 6.45) is 9.34. The van der Waals surface area contributed by atoms with E-state index in [1.165, 1.54) is 30.4 Å². The molecular formula is C34H45N5O2. The monoisotopic (exact) mass is 555 g/mol. The normalized spacial score (nSPS) is 18.0. The molecule has 0 radical (unpaired) electrons. The maximum Gasteiger partial charge on any atom is 0.252 e. The number of pyridine rings is 1. The number of hydrogen-bond acceptors (Lipinski definition) is 6. The number of nitrogens with two attached hydrogens (primary N) is 1. The van der Waals surface area contributed by atoms with Crippen LogP contribution in [0.1, 0.15) is 72.3 Å². The van der Waals surface area contributed by atoms with Gasteiger partial charge in [0.15, 0.2) is 0 Å². The number of likely N-dealkylation sites (tertiary alicyclic amines) is 1. The number of amides is 1. The number of hydrogen-bond donors (Lipinski definition) is 2. The second-order valence-corrected chi connectivity index (χ2v) is 12.0. The number of aromatic nitrogens is 1. The standard InChI is InChI=1S/C34H45N5O2/c1-38(2)34(18-10-5-11-19-34)25-37-32(40)28-22-31(35)33(36-23-28)41-29-16-20-39(21-17-29)24-30(26-12-6-3-7-13-26)27-14-8-4-9-15-27/h3-4,6-9,12-15,22-23,29-30H,5,10-11,16-21,24-25,35H2,1-2H3,(H,37,40). The summed E-state index contributed by atoms with van der Waals surface area (Å²) in [4.78, 5) is 22.2. The Morgan fingerprint density at radius 1 is 1.02 bits per heavy atom. The average Bonchev–Trinajstić information content (AvgIpc) is 3.01. The Balaban J connectivity index is 1.14. The fourth-order valence-electron chi connectivity index (χ4n) is 6.43. The predicted octanol–water partition coefficient (Wildman–Crippen LogP) is 5.33. The Morgan fingerprint density at radius 3 is 2.20 bits per heavy atom. The van der Waals surface area contributed by atoms with Crippen LogP contribution in [0.3, 0.4) is 0 Å². The molecule has 1 aliphatic heterocycles. The summed E-state index contributed by atoms with van der Waals surface area (Å²) in [5, 5.41) is 3.14. The van der Waals surface area contributed by atoms with Crippen molar-refractivity contribution >= 4 is 11.6 Å². The molecule has 0 spiro atoms. The van der Waals surface area contributed by atoms with Crippen LogP contribution < -0.4 is 15.8 Å². The minimum atomic E-state index is -0.137. The van der Waals surface area contributed by atoms with Gasteiger partial charge in [-0.15, -0.1) is 0 Å². The molecule has 0 bridgehead atoms. The first kappa shape index (κ1) is 29.1. The number of nitrogens with one attached hydrogen (secondary N) is 1. The van der Waals surface area contributed by atoms with Crippen LogP contribution >= 0.6 is 0 Å². The largest absolute Gasteiger partial charge is 0.473 e. The predicted molar refractivity (Wildman–Crippen MR) is 165 cm³/mol. The lowest BCUT2D eigenvalue weighted by atomic mass is 9.80. The van der Waals surface area contributed by atoms with Gasteiger partial charge in [-0.05, 0) is 57.0 Å². The van der Waals surface area contributed by atoms with Gasteiger partial charge in [0.05, 0.1) is 11.3 Å². The Labute approximate surface area is 245 Å². The summed E-state index contributed by atoms with van der Waals surface area (Å²) < 4.78 is 6.24. The lowest BCUT2D eigenvalue weighted by Crippen LogP contribution is -2.53. The SMILES string of the molecule is CN(C)C1(CNC(=O)c2cnc(OC3CCN(CC(c4ccccc4)c4ccccc4)CC3)c(N)c2)CCCCC1. The van der Waals surface area contributed by atoms with Crippen LogP contribution in [-0.4, -0.2) is 72.6 Å². The third-order valence-electron chi connectivity index (χ3n) is 9.11. The van der Waals surface area contributed by atoms with Gasteiger partial charge < -0.3 is 25.6 Å². The molecule has 41 heavy (non-hydrogen) atoms. The van der Waals surface area contributed by atoms with E-state index in [4.69, 9.17) is 10.5 Å². The number of nitrogen functional groups attached to an aromatic ring is 1. The van der Waals surface area contributed by atoms with E-state index in [1.807, 2.05) is 0 Å². The van der Waals surface area contributed by atoms with Crippen LogP contribution in [0.5, 0.6) is 5.88 Å². The maximum atomic E-state index is 13.0. The molecule has 2 aliphatic rings. The zero-order valence-electron chi connectivity index (χ0n) is 24.6. The van der Waals surface area contributed by atoms with E-state index in [0.29, 0.717) is 29.6 Å². The third-order valence-corrected chi connectivity index (χ3v) is 9.11. The number of carbonyl (C=O) groups excluding carboxylic acids is 1. The number of nitrogens with zero attached hydrogens (tertiary/aromatic N) is 3. The fourth-order valence-corrected chi connectivity index (χ4v) is 6.43. The zero-order chi connectivity index (χ0) is 28.7. The molecule has 0 atom stereocenters. The van der Waals surface area contributed by atoms with Crippen LogP contribution in [0.2, 0.25) is 0 Å². The van der Waals surface area contributed by atoms with E-state index in [9.17, 15) is 4.79 Å². The second kappa shape index (κ2) is 13.5. The van der Waals surface area contributed by atoms with E-state index in [0.717, 1.165) is 45.3 Å². The molecule has 2 heterocycles. The van der Waals surface area contributed by atoms with Gasteiger partial charge in [0, 0.05) is 43.8 Å². The van der Waals surface area contributed by atoms with Gasteiger partial charge in [-0.2, -0.15) is 0 Å². The number of ether oxygens (including phenoxy) is 1. The molecule has 3 N–H and O–H groups in total. The molecule has 5 rings (SSSR count). The topological polar surface area (TPSA) is 83.7 Å². The van der Waals surface area contributed by atoms with Gasteiger partial charge in [-0.1, -0.05) is 79.9 Å². The van der Waals surface area contributed by atoms with Crippen LogP contribution in [0.15, 0.2) is 72.9 Å². The highest BCUT2D eigenvalue weighted by molar-refractivity contribution is 5.95. The molecule has 1 saturated heterocycles. The van der Waals surface area contributed by atoms with Crippen molar-refractivity contribution in [1.82, 2.24) is 20.1 Å². The van der Waals surface area contributed by atoms with E-state index in [2.05, 4.69) is 94.9 Å². The lowest BCUT2D eigenvalue weighted by Gasteiger charge is -2.43. The van der Waals surface area contributed by atoms with Gasteiger partial charge >= 0.3 is 0 Å². The number of anilines is 1. The molecule has 7 heteroatoms. The molecule has 1 aliphatic carbocycles. The minimum Gasteiger partial charge on any atom is -0.473 e. The molecule has 1 aromatic heterocycles. The summed E-state index contributed by atoms with van der Waals surface area (Å²) in [7, 11) is 4.22. The Bertz CT molecular complexity index is 1210. The molecule has 3 aromatic rings. The van der Waals surface area contributed by atoms with Crippen molar-refractivity contribution in [3.8, 4) is 5.88 Å². The maximum absolute atomic E-state index is 13.0. The Kier molecular flexibility index (Phi) is 9.57.